The molecule has 1 amide bonds. The molecule has 0 spiro atoms. The van der Waals surface area contributed by atoms with Crippen molar-refractivity contribution in [2.75, 3.05) is 32.1 Å². The summed E-state index contributed by atoms with van der Waals surface area (Å²) in [6.45, 7) is 13.0. The number of hydrogen-bond donors (Lipinski definition) is 1. The molecule has 1 unspecified atom stereocenters. The van der Waals surface area contributed by atoms with E-state index in [4.69, 9.17) is 19.6 Å². The third kappa shape index (κ3) is 6.14. The van der Waals surface area contributed by atoms with Gasteiger partial charge in [0.15, 0.2) is 8.32 Å². The third-order valence-electron chi connectivity index (χ3n) is 8.79. The van der Waals surface area contributed by atoms with Gasteiger partial charge >= 0.3 is 6.18 Å². The quantitative estimate of drug-likeness (QED) is 0.281. The van der Waals surface area contributed by atoms with Crippen molar-refractivity contribution in [2.45, 2.75) is 64.1 Å². The van der Waals surface area contributed by atoms with Crippen LogP contribution in [0, 0.1) is 5.92 Å². The number of pyridine rings is 1. The molecule has 3 heterocycles. The standard InChI is InChI=1S/C31H38F3N3O4Si/c1-30(2,3)42(4,5)41-17-22-13-21-12-20(6-9-25(21)36-28(22)35)29(38)37(11-10-19-15-39-16-19)26-18-40-27-14-23(31(32,33)34)7-8-24(26)27/h6-9,12-14,19,26H,10-11,15-18H2,1-5H3,(H2,35,36). The predicted molar refractivity (Wildman–Crippen MR) is 158 cm³/mol. The van der Waals surface area contributed by atoms with E-state index in [1.54, 1.807) is 23.1 Å². The first-order valence-corrected chi connectivity index (χ1v) is 17.1. The Hall–Kier alpha value is -3.15. The molecule has 1 aromatic heterocycles. The zero-order valence-electron chi connectivity index (χ0n) is 24.7. The van der Waals surface area contributed by atoms with Crippen LogP contribution < -0.4 is 10.5 Å². The van der Waals surface area contributed by atoms with E-state index in [0.717, 1.165) is 29.5 Å². The number of fused-ring (bicyclic) bond motifs is 2. The van der Waals surface area contributed by atoms with Crippen LogP contribution in [0.25, 0.3) is 10.9 Å². The van der Waals surface area contributed by atoms with Crippen LogP contribution in [0.15, 0.2) is 42.5 Å². The van der Waals surface area contributed by atoms with Gasteiger partial charge in [0.2, 0.25) is 0 Å². The number of anilines is 1. The molecule has 2 aliphatic heterocycles. The number of halogens is 3. The molecule has 5 rings (SSSR count). The summed E-state index contributed by atoms with van der Waals surface area (Å²) < 4.78 is 57.3. The maximum absolute atomic E-state index is 14.0. The molecule has 42 heavy (non-hydrogen) atoms. The summed E-state index contributed by atoms with van der Waals surface area (Å²) in [5.74, 6) is 0.656. The lowest BCUT2D eigenvalue weighted by Crippen LogP contribution is -2.40. The number of amides is 1. The van der Waals surface area contributed by atoms with Gasteiger partial charge in [-0.05, 0) is 61.0 Å². The van der Waals surface area contributed by atoms with Crippen LogP contribution in [0.4, 0.5) is 19.0 Å². The largest absolute Gasteiger partial charge is 0.491 e. The fourth-order valence-electron chi connectivity index (χ4n) is 4.92. The number of alkyl halides is 3. The molecule has 0 bridgehead atoms. The van der Waals surface area contributed by atoms with Gasteiger partial charge in [-0.1, -0.05) is 26.8 Å². The Balaban J connectivity index is 1.43. The number of carbonyl (C=O) groups excluding carboxylic acids is 1. The maximum atomic E-state index is 14.0. The maximum Gasteiger partial charge on any atom is 0.416 e. The molecular formula is C31H38F3N3O4Si. The van der Waals surface area contributed by atoms with Gasteiger partial charge in [0.05, 0.1) is 36.9 Å². The molecular weight excluding hydrogens is 563 g/mol. The lowest BCUT2D eigenvalue weighted by Gasteiger charge is -2.36. The Morgan fingerprint density at radius 2 is 1.83 bits per heavy atom. The van der Waals surface area contributed by atoms with Crippen molar-refractivity contribution in [1.29, 1.82) is 0 Å². The summed E-state index contributed by atoms with van der Waals surface area (Å²) in [5, 5.41) is 0.798. The molecule has 11 heteroatoms. The molecule has 2 aromatic carbocycles. The van der Waals surface area contributed by atoms with Gasteiger partial charge in [-0.3, -0.25) is 4.79 Å². The number of carbonyl (C=O) groups is 1. The van der Waals surface area contributed by atoms with Gasteiger partial charge in [0.25, 0.3) is 5.91 Å². The number of nitrogens with two attached hydrogens (primary N) is 1. The highest BCUT2D eigenvalue weighted by Crippen LogP contribution is 2.41. The normalized spacial score (nSPS) is 17.6. The van der Waals surface area contributed by atoms with Crippen molar-refractivity contribution >= 4 is 30.9 Å². The zero-order valence-corrected chi connectivity index (χ0v) is 25.7. The topological polar surface area (TPSA) is 86.9 Å². The highest BCUT2D eigenvalue weighted by Gasteiger charge is 2.38. The van der Waals surface area contributed by atoms with Crippen molar-refractivity contribution in [3.05, 3.63) is 64.7 Å². The van der Waals surface area contributed by atoms with Crippen LogP contribution in [0.3, 0.4) is 0 Å². The Morgan fingerprint density at radius 1 is 1.10 bits per heavy atom. The second kappa shape index (κ2) is 11.2. The van der Waals surface area contributed by atoms with E-state index in [1.807, 2.05) is 6.07 Å². The minimum atomic E-state index is -4.48. The minimum Gasteiger partial charge on any atom is -0.491 e. The zero-order chi connectivity index (χ0) is 30.4. The fourth-order valence-corrected chi connectivity index (χ4v) is 5.87. The van der Waals surface area contributed by atoms with E-state index >= 15 is 0 Å². The Morgan fingerprint density at radius 3 is 2.48 bits per heavy atom. The summed E-state index contributed by atoms with van der Waals surface area (Å²) in [5.41, 5.74) is 7.95. The number of nitrogen functional groups attached to an aromatic ring is 1. The second-order valence-electron chi connectivity index (χ2n) is 12.8. The van der Waals surface area contributed by atoms with E-state index in [-0.39, 0.29) is 23.3 Å². The average Bonchev–Trinajstić information content (AvgIpc) is 3.30. The molecule has 3 aromatic rings. The lowest BCUT2D eigenvalue weighted by molar-refractivity contribution is -0.137. The van der Waals surface area contributed by atoms with Crippen molar-refractivity contribution in [3.8, 4) is 5.75 Å². The van der Waals surface area contributed by atoms with E-state index < -0.39 is 26.1 Å². The van der Waals surface area contributed by atoms with Gasteiger partial charge in [-0.25, -0.2) is 4.98 Å². The van der Waals surface area contributed by atoms with Crippen molar-refractivity contribution in [1.82, 2.24) is 9.88 Å². The van der Waals surface area contributed by atoms with Crippen molar-refractivity contribution < 1.29 is 31.9 Å². The van der Waals surface area contributed by atoms with Crippen molar-refractivity contribution in [3.63, 3.8) is 0 Å². The molecule has 1 fully saturated rings. The molecule has 0 saturated carbocycles. The van der Waals surface area contributed by atoms with E-state index in [0.29, 0.717) is 54.7 Å². The second-order valence-corrected chi connectivity index (χ2v) is 17.6. The average molecular weight is 602 g/mol. The summed E-state index contributed by atoms with van der Waals surface area (Å²) in [6, 6.07) is 10.2. The molecule has 7 nitrogen and oxygen atoms in total. The van der Waals surface area contributed by atoms with Crippen LogP contribution >= 0.6 is 0 Å². The van der Waals surface area contributed by atoms with Gasteiger partial charge in [-0.2, -0.15) is 13.2 Å². The number of aromatic nitrogens is 1. The SMILES string of the molecule is CC(C)(C)[Si](C)(C)OCc1cc2cc(C(=O)N(CCC3COC3)C3COc4cc(C(F)(F)F)ccc43)ccc2nc1N. The van der Waals surface area contributed by atoms with Crippen molar-refractivity contribution in [2.24, 2.45) is 5.92 Å². The fraction of sp³-hybridized carbons (Fsp3) is 0.484. The first-order valence-electron chi connectivity index (χ1n) is 14.2. The van der Waals surface area contributed by atoms with Crippen LogP contribution in [-0.4, -0.2) is 50.5 Å². The van der Waals surface area contributed by atoms with Gasteiger partial charge < -0.3 is 24.5 Å². The first-order chi connectivity index (χ1) is 19.6. The monoisotopic (exact) mass is 601 g/mol. The Kier molecular flexibility index (Phi) is 8.06. The molecule has 226 valence electrons. The Bertz CT molecular complexity index is 1480. The van der Waals surface area contributed by atoms with E-state index in [2.05, 4.69) is 38.8 Å². The van der Waals surface area contributed by atoms with Crippen LogP contribution in [0.1, 0.15) is 60.3 Å². The number of benzene rings is 2. The molecule has 0 aliphatic carbocycles. The summed E-state index contributed by atoms with van der Waals surface area (Å²) in [7, 11) is -2.02. The van der Waals surface area contributed by atoms with E-state index in [9.17, 15) is 18.0 Å². The summed E-state index contributed by atoms with van der Waals surface area (Å²) in [4.78, 5) is 20.3. The van der Waals surface area contributed by atoms with Crippen LogP contribution in [0.2, 0.25) is 18.1 Å². The number of hydrogen-bond acceptors (Lipinski definition) is 6. The molecule has 1 atom stereocenters. The predicted octanol–water partition coefficient (Wildman–Crippen LogP) is 6.97. The highest BCUT2D eigenvalue weighted by atomic mass is 28.4. The Labute approximate surface area is 245 Å². The number of rotatable bonds is 8. The molecule has 1 saturated heterocycles. The van der Waals surface area contributed by atoms with Gasteiger partial charge in [0, 0.05) is 34.5 Å². The lowest BCUT2D eigenvalue weighted by atomic mass is 9.99. The van der Waals surface area contributed by atoms with Crippen LogP contribution in [-0.2, 0) is 21.9 Å². The van der Waals surface area contributed by atoms with Crippen LogP contribution in [0.5, 0.6) is 5.75 Å². The summed E-state index contributed by atoms with van der Waals surface area (Å²) >= 11 is 0. The van der Waals surface area contributed by atoms with E-state index in [1.165, 1.54) is 6.07 Å². The molecule has 0 radical (unpaired) electrons. The van der Waals surface area contributed by atoms with Gasteiger partial charge in [0.1, 0.15) is 18.2 Å². The first kappa shape index (κ1) is 30.3. The third-order valence-corrected chi connectivity index (χ3v) is 13.3. The smallest absolute Gasteiger partial charge is 0.416 e. The number of ether oxygens (including phenoxy) is 2. The minimum absolute atomic E-state index is 0.0393. The van der Waals surface area contributed by atoms with Gasteiger partial charge in [-0.15, -0.1) is 0 Å². The molecule has 2 N–H and O–H groups in total. The molecule has 2 aliphatic rings. The number of nitrogens with zero attached hydrogens (tertiary/aromatic N) is 2. The highest BCUT2D eigenvalue weighted by molar-refractivity contribution is 6.74. The summed E-state index contributed by atoms with van der Waals surface area (Å²) in [6.07, 6.45) is -3.76.